The molecule has 4 heteroatoms. The van der Waals surface area contributed by atoms with Crippen LogP contribution in [0.25, 0.3) is 38.7 Å². The molecule has 0 fully saturated rings. The van der Waals surface area contributed by atoms with Crippen LogP contribution in [-0.4, -0.2) is 11.1 Å². The molecule has 5 rings (SSSR count). The fourth-order valence-electron chi connectivity index (χ4n) is 4.04. The number of carbonyl (C=O) groups is 1. The minimum Gasteiger partial charge on any atom is -0.507 e. The van der Waals surface area contributed by atoms with Gasteiger partial charge in [-0.1, -0.05) is 84.4 Å². The third kappa shape index (κ3) is 4.19. The van der Waals surface area contributed by atoms with Crippen LogP contribution in [0.1, 0.15) is 5.56 Å². The molecule has 0 radical (unpaired) electrons. The predicted molar refractivity (Wildman–Crippen MR) is 135 cm³/mol. The number of phenolic OH excluding ortho intramolecular Hbond substituents is 1. The van der Waals surface area contributed by atoms with Crippen molar-refractivity contribution in [3.05, 3.63) is 114 Å². The molecule has 0 aliphatic heterocycles. The maximum atomic E-state index is 12.6. The van der Waals surface area contributed by atoms with E-state index in [2.05, 4.69) is 0 Å². The van der Waals surface area contributed by atoms with E-state index < -0.39 is 5.97 Å². The molecule has 0 heterocycles. The largest absolute Gasteiger partial charge is 0.507 e. The number of carbonyl (C=O) groups excluding carboxylic acids is 1. The molecule has 160 valence electrons. The van der Waals surface area contributed by atoms with Crippen LogP contribution in [0.4, 0.5) is 0 Å². The summed E-state index contributed by atoms with van der Waals surface area (Å²) in [5.41, 5.74) is 2.60. The summed E-state index contributed by atoms with van der Waals surface area (Å²) in [5, 5.41) is 14.7. The first-order chi connectivity index (χ1) is 16.1. The summed E-state index contributed by atoms with van der Waals surface area (Å²) in [5.74, 6) is 0.190. The minimum atomic E-state index is -0.479. The highest BCUT2D eigenvalue weighted by Crippen LogP contribution is 2.41. The lowest BCUT2D eigenvalue weighted by Gasteiger charge is -2.14. The Hall–Kier alpha value is -4.08. The SMILES string of the molecule is O=C(/C=C/c1ccc(Cl)cc1)Oc1cccc2cccc(-c3cccc4cccc(O)c34)c12. The van der Waals surface area contributed by atoms with Crippen molar-refractivity contribution in [2.45, 2.75) is 0 Å². The monoisotopic (exact) mass is 450 g/mol. The first-order valence-corrected chi connectivity index (χ1v) is 10.9. The first-order valence-electron chi connectivity index (χ1n) is 10.5. The molecule has 5 aromatic carbocycles. The zero-order valence-electron chi connectivity index (χ0n) is 17.5. The van der Waals surface area contributed by atoms with E-state index in [4.69, 9.17) is 16.3 Å². The van der Waals surface area contributed by atoms with Gasteiger partial charge < -0.3 is 9.84 Å². The van der Waals surface area contributed by atoms with E-state index in [1.807, 2.05) is 72.8 Å². The summed E-state index contributed by atoms with van der Waals surface area (Å²) in [4.78, 5) is 12.6. The minimum absolute atomic E-state index is 0.209. The summed E-state index contributed by atoms with van der Waals surface area (Å²) in [7, 11) is 0. The average Bonchev–Trinajstić information content (AvgIpc) is 2.83. The third-order valence-electron chi connectivity index (χ3n) is 5.53. The molecule has 1 N–H and O–H groups in total. The van der Waals surface area contributed by atoms with Gasteiger partial charge in [-0.3, -0.25) is 0 Å². The molecule has 33 heavy (non-hydrogen) atoms. The zero-order valence-corrected chi connectivity index (χ0v) is 18.3. The summed E-state index contributed by atoms with van der Waals surface area (Å²) < 4.78 is 5.76. The van der Waals surface area contributed by atoms with Crippen LogP contribution >= 0.6 is 11.6 Å². The standard InChI is InChI=1S/C29H19ClO3/c30-22-16-13-19(14-17-22)15-18-27(32)33-26-12-4-8-21-6-2-10-24(29(21)26)23-9-1-5-20-7-3-11-25(31)28(20)23/h1-18,31H/b18-15+. The topological polar surface area (TPSA) is 46.5 Å². The molecule has 0 aliphatic carbocycles. The van der Waals surface area contributed by atoms with Gasteiger partial charge in [0.15, 0.2) is 0 Å². The van der Waals surface area contributed by atoms with E-state index in [0.717, 1.165) is 38.2 Å². The van der Waals surface area contributed by atoms with E-state index in [1.165, 1.54) is 6.08 Å². The Bertz CT molecular complexity index is 1510. The number of aromatic hydroxyl groups is 1. The van der Waals surface area contributed by atoms with Gasteiger partial charge in [0.1, 0.15) is 11.5 Å². The average molecular weight is 451 g/mol. The van der Waals surface area contributed by atoms with Crippen LogP contribution in [0.3, 0.4) is 0 Å². The van der Waals surface area contributed by atoms with Crippen molar-refractivity contribution in [2.75, 3.05) is 0 Å². The Labute approximate surface area is 196 Å². The van der Waals surface area contributed by atoms with Crippen LogP contribution in [0, 0.1) is 0 Å². The highest BCUT2D eigenvalue weighted by Gasteiger charge is 2.15. The normalized spacial score (nSPS) is 11.3. The maximum Gasteiger partial charge on any atom is 0.336 e. The van der Waals surface area contributed by atoms with E-state index in [1.54, 1.807) is 30.3 Å². The highest BCUT2D eigenvalue weighted by molar-refractivity contribution is 6.30. The number of phenols is 1. The van der Waals surface area contributed by atoms with Crippen molar-refractivity contribution in [2.24, 2.45) is 0 Å². The molecule has 0 atom stereocenters. The van der Waals surface area contributed by atoms with E-state index in [0.29, 0.717) is 10.8 Å². The number of hydrogen-bond donors (Lipinski definition) is 1. The molecular weight excluding hydrogens is 432 g/mol. The van der Waals surface area contributed by atoms with Crippen molar-refractivity contribution in [3.8, 4) is 22.6 Å². The summed E-state index contributed by atoms with van der Waals surface area (Å²) in [6.45, 7) is 0. The van der Waals surface area contributed by atoms with Crippen molar-refractivity contribution in [1.82, 2.24) is 0 Å². The molecule has 0 saturated heterocycles. The van der Waals surface area contributed by atoms with Gasteiger partial charge in [0, 0.05) is 21.9 Å². The van der Waals surface area contributed by atoms with E-state index >= 15 is 0 Å². The van der Waals surface area contributed by atoms with Crippen LogP contribution in [0.15, 0.2) is 103 Å². The molecule has 0 amide bonds. The number of hydrogen-bond acceptors (Lipinski definition) is 3. The van der Waals surface area contributed by atoms with Crippen LogP contribution in [0.5, 0.6) is 11.5 Å². The lowest BCUT2D eigenvalue weighted by atomic mass is 9.93. The fourth-order valence-corrected chi connectivity index (χ4v) is 4.17. The summed E-state index contributed by atoms with van der Waals surface area (Å²) in [6, 6.07) is 30.1. The number of esters is 1. The Balaban J connectivity index is 1.58. The Morgan fingerprint density at radius 3 is 2.00 bits per heavy atom. The second-order valence-electron chi connectivity index (χ2n) is 7.65. The lowest BCUT2D eigenvalue weighted by Crippen LogP contribution is -2.04. The molecule has 0 bridgehead atoms. The second kappa shape index (κ2) is 8.81. The van der Waals surface area contributed by atoms with Crippen molar-refractivity contribution < 1.29 is 14.6 Å². The predicted octanol–water partition coefficient (Wildman–Crippen LogP) is 7.64. The molecule has 0 unspecified atom stereocenters. The summed E-state index contributed by atoms with van der Waals surface area (Å²) >= 11 is 5.92. The van der Waals surface area contributed by atoms with E-state index in [-0.39, 0.29) is 5.75 Å². The van der Waals surface area contributed by atoms with Gasteiger partial charge in [-0.25, -0.2) is 4.79 Å². The molecule has 0 spiro atoms. The smallest absolute Gasteiger partial charge is 0.336 e. The molecule has 5 aromatic rings. The number of benzene rings is 5. The van der Waals surface area contributed by atoms with Gasteiger partial charge in [0.25, 0.3) is 0 Å². The van der Waals surface area contributed by atoms with Gasteiger partial charge in [-0.05, 0) is 57.8 Å². The maximum absolute atomic E-state index is 12.6. The number of ether oxygens (including phenoxy) is 1. The zero-order chi connectivity index (χ0) is 22.8. The van der Waals surface area contributed by atoms with Crippen LogP contribution < -0.4 is 4.74 Å². The van der Waals surface area contributed by atoms with Crippen molar-refractivity contribution >= 4 is 45.2 Å². The van der Waals surface area contributed by atoms with Gasteiger partial charge in [-0.15, -0.1) is 0 Å². The number of rotatable bonds is 4. The van der Waals surface area contributed by atoms with E-state index in [9.17, 15) is 9.90 Å². The fraction of sp³-hybridized carbons (Fsp3) is 0. The van der Waals surface area contributed by atoms with Crippen LogP contribution in [0.2, 0.25) is 5.02 Å². The van der Waals surface area contributed by atoms with Gasteiger partial charge in [-0.2, -0.15) is 0 Å². The highest BCUT2D eigenvalue weighted by atomic mass is 35.5. The molecule has 0 aromatic heterocycles. The van der Waals surface area contributed by atoms with Gasteiger partial charge in [0.05, 0.1) is 0 Å². The third-order valence-corrected chi connectivity index (χ3v) is 5.78. The van der Waals surface area contributed by atoms with Crippen LogP contribution in [-0.2, 0) is 4.79 Å². The lowest BCUT2D eigenvalue weighted by molar-refractivity contribution is -0.128. The Kier molecular flexibility index (Phi) is 5.55. The number of halogens is 1. The Morgan fingerprint density at radius 2 is 1.30 bits per heavy atom. The van der Waals surface area contributed by atoms with Gasteiger partial charge >= 0.3 is 5.97 Å². The second-order valence-corrected chi connectivity index (χ2v) is 8.08. The molecule has 0 saturated carbocycles. The molecule has 0 aliphatic rings. The summed E-state index contributed by atoms with van der Waals surface area (Å²) in [6.07, 6.45) is 3.09. The van der Waals surface area contributed by atoms with Crippen molar-refractivity contribution in [3.63, 3.8) is 0 Å². The quantitative estimate of drug-likeness (QED) is 0.174. The Morgan fingerprint density at radius 1 is 0.727 bits per heavy atom. The van der Waals surface area contributed by atoms with Gasteiger partial charge in [0.2, 0.25) is 0 Å². The first kappa shape index (κ1) is 20.8. The molecule has 3 nitrogen and oxygen atoms in total. The molecular formula is C29H19ClO3. The number of fused-ring (bicyclic) bond motifs is 2. The van der Waals surface area contributed by atoms with Crippen molar-refractivity contribution in [1.29, 1.82) is 0 Å².